The summed E-state index contributed by atoms with van der Waals surface area (Å²) in [6, 6.07) is 3.31. The Bertz CT molecular complexity index is 850. The maximum atomic E-state index is 11.4. The van der Waals surface area contributed by atoms with E-state index >= 15 is 0 Å². The van der Waals surface area contributed by atoms with Crippen LogP contribution in [0.25, 0.3) is 22.2 Å². The fraction of sp³-hybridized carbons (Fsp3) is 0.333. The van der Waals surface area contributed by atoms with Crippen LogP contribution in [0.4, 0.5) is 5.69 Å². The Labute approximate surface area is 130 Å². The molecule has 0 spiro atoms. The lowest BCUT2D eigenvalue weighted by atomic mass is 10.1. The van der Waals surface area contributed by atoms with Crippen LogP contribution in [0.15, 0.2) is 35.3 Å². The Morgan fingerprint density at radius 3 is 2.91 bits per heavy atom. The van der Waals surface area contributed by atoms with Crippen molar-refractivity contribution in [2.24, 2.45) is 0 Å². The molecule has 0 saturated carbocycles. The van der Waals surface area contributed by atoms with Crippen LogP contribution >= 0.6 is 0 Å². The van der Waals surface area contributed by atoms with Gasteiger partial charge in [0.1, 0.15) is 0 Å². The lowest BCUT2D eigenvalue weighted by molar-refractivity contribution is -0.383. The molecule has 3 heterocycles. The van der Waals surface area contributed by atoms with E-state index in [0.29, 0.717) is 28.8 Å². The predicted octanol–water partition coefficient (Wildman–Crippen LogP) is 3.30. The van der Waals surface area contributed by atoms with Crippen LogP contribution < -0.4 is 0 Å². The van der Waals surface area contributed by atoms with Crippen LogP contribution in [-0.2, 0) is 4.74 Å². The smallest absolute Gasteiger partial charge is 0.281 e. The second-order valence-electron chi connectivity index (χ2n) is 5.46. The first kappa shape index (κ1) is 13.9. The largest absolute Gasteiger partial charge is 0.444 e. The summed E-state index contributed by atoms with van der Waals surface area (Å²) in [5.41, 5.74) is 1.26. The van der Waals surface area contributed by atoms with Gasteiger partial charge in [0, 0.05) is 18.2 Å². The fourth-order valence-electron chi connectivity index (χ4n) is 2.92. The average Bonchev–Trinajstić information content (AvgIpc) is 3.24. The van der Waals surface area contributed by atoms with Crippen molar-refractivity contribution in [1.82, 2.24) is 14.8 Å². The normalized spacial score (nSPS) is 18.3. The molecule has 3 aromatic rings. The lowest BCUT2D eigenvalue weighted by Gasteiger charge is -2.23. The zero-order valence-electron chi connectivity index (χ0n) is 12.2. The maximum Gasteiger partial charge on any atom is 0.281 e. The van der Waals surface area contributed by atoms with Gasteiger partial charge in [-0.3, -0.25) is 10.1 Å². The number of aromatic nitrogens is 3. The van der Waals surface area contributed by atoms with E-state index in [0.717, 1.165) is 19.3 Å². The molecule has 1 aromatic carbocycles. The molecule has 8 heteroatoms. The first-order chi connectivity index (χ1) is 11.2. The summed E-state index contributed by atoms with van der Waals surface area (Å²) in [7, 11) is 0. The van der Waals surface area contributed by atoms with Gasteiger partial charge >= 0.3 is 0 Å². The maximum absolute atomic E-state index is 11.4. The third kappa shape index (κ3) is 2.36. The number of nitro benzene ring substituents is 1. The van der Waals surface area contributed by atoms with Gasteiger partial charge in [-0.15, -0.1) is 0 Å². The van der Waals surface area contributed by atoms with Crippen molar-refractivity contribution in [1.29, 1.82) is 0 Å². The van der Waals surface area contributed by atoms with Crippen molar-refractivity contribution in [3.8, 4) is 11.3 Å². The predicted molar refractivity (Wildman–Crippen MR) is 80.7 cm³/mol. The van der Waals surface area contributed by atoms with Gasteiger partial charge in [0.25, 0.3) is 5.69 Å². The molecule has 0 aliphatic carbocycles. The monoisotopic (exact) mass is 314 g/mol. The molecule has 1 saturated heterocycles. The van der Waals surface area contributed by atoms with Crippen LogP contribution in [0.1, 0.15) is 25.5 Å². The van der Waals surface area contributed by atoms with E-state index < -0.39 is 4.92 Å². The summed E-state index contributed by atoms with van der Waals surface area (Å²) >= 11 is 0. The van der Waals surface area contributed by atoms with Gasteiger partial charge in [-0.05, 0) is 25.3 Å². The number of nitrogens with zero attached hydrogens (tertiary/aromatic N) is 4. The molecule has 1 fully saturated rings. The molecule has 1 aliphatic heterocycles. The zero-order chi connectivity index (χ0) is 15.8. The Kier molecular flexibility index (Phi) is 3.30. The number of non-ortho nitro benzene ring substituents is 1. The number of rotatable bonds is 3. The van der Waals surface area contributed by atoms with Crippen LogP contribution in [0.2, 0.25) is 0 Å². The molecule has 1 aliphatic rings. The lowest BCUT2D eigenvalue weighted by Crippen LogP contribution is -2.18. The molecule has 23 heavy (non-hydrogen) atoms. The van der Waals surface area contributed by atoms with E-state index in [2.05, 4.69) is 10.1 Å². The van der Waals surface area contributed by atoms with Crippen LogP contribution in [0.3, 0.4) is 0 Å². The van der Waals surface area contributed by atoms with Crippen molar-refractivity contribution >= 4 is 16.6 Å². The van der Waals surface area contributed by atoms with Gasteiger partial charge in [-0.2, -0.15) is 5.10 Å². The SMILES string of the molecule is O=[N+]([O-])c1cc(-c2cnco2)cc2c1cnn2C1CCCCO1. The minimum atomic E-state index is -0.407. The molecule has 1 unspecified atom stereocenters. The van der Waals surface area contributed by atoms with E-state index in [1.807, 2.05) is 6.07 Å². The van der Waals surface area contributed by atoms with Crippen molar-refractivity contribution in [2.75, 3.05) is 6.61 Å². The summed E-state index contributed by atoms with van der Waals surface area (Å²) in [6.45, 7) is 0.676. The molecule has 118 valence electrons. The van der Waals surface area contributed by atoms with Crippen molar-refractivity contribution in [3.05, 3.63) is 41.0 Å². The van der Waals surface area contributed by atoms with Gasteiger partial charge in [-0.1, -0.05) is 0 Å². The van der Waals surface area contributed by atoms with Crippen LogP contribution in [0.5, 0.6) is 0 Å². The molecule has 0 amide bonds. The number of benzene rings is 1. The van der Waals surface area contributed by atoms with E-state index in [4.69, 9.17) is 9.15 Å². The van der Waals surface area contributed by atoms with Gasteiger partial charge in [0.15, 0.2) is 18.4 Å². The van der Waals surface area contributed by atoms with Crippen molar-refractivity contribution in [2.45, 2.75) is 25.5 Å². The molecular formula is C15H14N4O4. The third-order valence-electron chi connectivity index (χ3n) is 4.04. The highest BCUT2D eigenvalue weighted by molar-refractivity contribution is 5.92. The van der Waals surface area contributed by atoms with Crippen LogP contribution in [0, 0.1) is 10.1 Å². The summed E-state index contributed by atoms with van der Waals surface area (Å²) < 4.78 is 12.8. The standard InChI is InChI=1S/C15H14N4O4/c20-19(21)13-6-10(14-8-16-9-23-14)5-12-11(13)7-17-18(12)15-3-1-2-4-22-15/h5-9,15H,1-4H2. The topological polar surface area (TPSA) is 96.2 Å². The Hall–Kier alpha value is -2.74. The van der Waals surface area contributed by atoms with Crippen molar-refractivity contribution in [3.63, 3.8) is 0 Å². The number of oxazole rings is 1. The number of hydrogen-bond donors (Lipinski definition) is 0. The van der Waals surface area contributed by atoms with E-state index in [1.54, 1.807) is 4.68 Å². The van der Waals surface area contributed by atoms with Gasteiger partial charge in [-0.25, -0.2) is 9.67 Å². The van der Waals surface area contributed by atoms with Gasteiger partial charge in [0.05, 0.1) is 28.2 Å². The quantitative estimate of drug-likeness (QED) is 0.543. The second kappa shape index (κ2) is 5.47. The molecule has 0 radical (unpaired) electrons. The Morgan fingerprint density at radius 2 is 2.22 bits per heavy atom. The van der Waals surface area contributed by atoms with E-state index in [-0.39, 0.29) is 11.9 Å². The highest BCUT2D eigenvalue weighted by Crippen LogP contribution is 2.34. The van der Waals surface area contributed by atoms with E-state index in [9.17, 15) is 10.1 Å². The average molecular weight is 314 g/mol. The van der Waals surface area contributed by atoms with E-state index in [1.165, 1.54) is 24.9 Å². The van der Waals surface area contributed by atoms with Crippen molar-refractivity contribution < 1.29 is 14.1 Å². The fourth-order valence-corrected chi connectivity index (χ4v) is 2.92. The molecule has 4 rings (SSSR count). The highest BCUT2D eigenvalue weighted by atomic mass is 16.6. The number of hydrogen-bond acceptors (Lipinski definition) is 6. The molecule has 8 nitrogen and oxygen atoms in total. The first-order valence-corrected chi connectivity index (χ1v) is 7.40. The summed E-state index contributed by atoms with van der Waals surface area (Å²) in [5.74, 6) is 0.479. The minimum Gasteiger partial charge on any atom is -0.444 e. The summed E-state index contributed by atoms with van der Waals surface area (Å²) in [5, 5.41) is 16.2. The van der Waals surface area contributed by atoms with Gasteiger partial charge in [0.2, 0.25) is 0 Å². The highest BCUT2D eigenvalue weighted by Gasteiger charge is 2.24. The molecule has 1 atom stereocenters. The number of fused-ring (bicyclic) bond motifs is 1. The zero-order valence-corrected chi connectivity index (χ0v) is 12.2. The van der Waals surface area contributed by atoms with Crippen LogP contribution in [-0.4, -0.2) is 26.3 Å². The second-order valence-corrected chi connectivity index (χ2v) is 5.46. The molecule has 0 bridgehead atoms. The molecule has 0 N–H and O–H groups in total. The Morgan fingerprint density at radius 1 is 1.30 bits per heavy atom. The summed E-state index contributed by atoms with van der Waals surface area (Å²) in [6.07, 6.45) is 7.09. The first-order valence-electron chi connectivity index (χ1n) is 7.40. The Balaban J connectivity index is 1.91. The molecular weight excluding hydrogens is 300 g/mol. The molecule has 2 aromatic heterocycles. The third-order valence-corrected chi connectivity index (χ3v) is 4.04. The van der Waals surface area contributed by atoms with Gasteiger partial charge < -0.3 is 9.15 Å². The summed E-state index contributed by atoms with van der Waals surface area (Å²) in [4.78, 5) is 14.9. The minimum absolute atomic E-state index is 0.00374. The number of ether oxygens (including phenoxy) is 1. The number of nitro groups is 1.